The van der Waals surface area contributed by atoms with E-state index in [-0.39, 0.29) is 11.9 Å². The van der Waals surface area contributed by atoms with Gasteiger partial charge in [0.05, 0.1) is 5.69 Å². The minimum atomic E-state index is -0.261. The van der Waals surface area contributed by atoms with E-state index in [1.807, 2.05) is 19.9 Å². The Morgan fingerprint density at radius 2 is 2.50 bits per heavy atom. The zero-order chi connectivity index (χ0) is 10.6. The first-order valence-corrected chi connectivity index (χ1v) is 5.18. The zero-order valence-corrected chi connectivity index (χ0v) is 9.29. The number of thiol groups is 1. The lowest BCUT2D eigenvalue weighted by Gasteiger charge is -2.11. The molecule has 0 aliphatic rings. The normalized spacial score (nSPS) is 12.5. The van der Waals surface area contributed by atoms with E-state index >= 15 is 0 Å². The lowest BCUT2D eigenvalue weighted by molar-refractivity contribution is -0.124. The van der Waals surface area contributed by atoms with Gasteiger partial charge in [-0.25, -0.2) is 0 Å². The molecule has 1 rings (SSSR count). The molecular weight excluding hydrogens is 198 g/mol. The number of carbonyl (C=O) groups is 1. The third kappa shape index (κ3) is 2.77. The summed E-state index contributed by atoms with van der Waals surface area (Å²) in [4.78, 5) is 11.5. The second-order valence-electron chi connectivity index (χ2n) is 3.13. The summed E-state index contributed by atoms with van der Waals surface area (Å²) in [6.45, 7) is 4.31. The highest BCUT2D eigenvalue weighted by Crippen LogP contribution is 2.04. The van der Waals surface area contributed by atoms with Crippen LogP contribution in [-0.4, -0.2) is 28.0 Å². The molecule has 4 nitrogen and oxygen atoms in total. The van der Waals surface area contributed by atoms with Crippen LogP contribution >= 0.6 is 12.6 Å². The standard InChI is InChI=1S/C9H15N3OS/c1-7-3-5-12(11-7)8(2)9(13)10-4-6-14/h3,5,8,14H,4,6H2,1-2H3,(H,10,13). The lowest BCUT2D eigenvalue weighted by Crippen LogP contribution is -2.32. The van der Waals surface area contributed by atoms with Crippen LogP contribution in [0.2, 0.25) is 0 Å². The van der Waals surface area contributed by atoms with Gasteiger partial charge < -0.3 is 5.32 Å². The smallest absolute Gasteiger partial charge is 0.244 e. The molecule has 1 aromatic heterocycles. The molecule has 0 radical (unpaired) electrons. The first-order chi connectivity index (χ1) is 6.65. The third-order valence-electron chi connectivity index (χ3n) is 1.93. The van der Waals surface area contributed by atoms with Crippen LogP contribution in [0, 0.1) is 6.92 Å². The van der Waals surface area contributed by atoms with Crippen molar-refractivity contribution in [2.45, 2.75) is 19.9 Å². The summed E-state index contributed by atoms with van der Waals surface area (Å²) in [6.07, 6.45) is 1.81. The first-order valence-electron chi connectivity index (χ1n) is 4.55. The number of amides is 1. The Morgan fingerprint density at radius 3 is 3.00 bits per heavy atom. The minimum absolute atomic E-state index is 0.0258. The Labute approximate surface area is 89.1 Å². The minimum Gasteiger partial charge on any atom is -0.353 e. The molecule has 0 aliphatic heterocycles. The fraction of sp³-hybridized carbons (Fsp3) is 0.556. The van der Waals surface area contributed by atoms with Crippen LogP contribution in [-0.2, 0) is 4.79 Å². The van der Waals surface area contributed by atoms with Crippen LogP contribution in [0.4, 0.5) is 0 Å². The molecule has 0 saturated heterocycles. The third-order valence-corrected chi connectivity index (χ3v) is 2.15. The summed E-state index contributed by atoms with van der Waals surface area (Å²) < 4.78 is 1.66. The molecule has 78 valence electrons. The Morgan fingerprint density at radius 1 is 1.79 bits per heavy atom. The number of carbonyl (C=O) groups excluding carboxylic acids is 1. The maximum atomic E-state index is 11.5. The number of aromatic nitrogens is 2. The van der Waals surface area contributed by atoms with Gasteiger partial charge in [0.15, 0.2) is 0 Å². The first kappa shape index (κ1) is 11.1. The van der Waals surface area contributed by atoms with E-state index in [0.29, 0.717) is 12.3 Å². The summed E-state index contributed by atoms with van der Waals surface area (Å²) in [6, 6.07) is 1.62. The van der Waals surface area contributed by atoms with Crippen molar-refractivity contribution < 1.29 is 4.79 Å². The summed E-state index contributed by atoms with van der Waals surface area (Å²) in [5.41, 5.74) is 0.916. The van der Waals surface area contributed by atoms with Crippen molar-refractivity contribution >= 4 is 18.5 Å². The van der Waals surface area contributed by atoms with Crippen LogP contribution < -0.4 is 5.32 Å². The molecule has 1 N–H and O–H groups in total. The number of rotatable bonds is 4. The molecule has 1 heterocycles. The van der Waals surface area contributed by atoms with Crippen LogP contribution in [0.1, 0.15) is 18.7 Å². The number of hydrogen-bond acceptors (Lipinski definition) is 3. The SMILES string of the molecule is Cc1ccn(C(C)C(=O)NCCS)n1. The van der Waals surface area contributed by atoms with E-state index in [1.165, 1.54) is 0 Å². The van der Waals surface area contributed by atoms with Gasteiger partial charge in [-0.05, 0) is 19.9 Å². The Bertz CT molecular complexity index is 311. The van der Waals surface area contributed by atoms with Gasteiger partial charge in [-0.1, -0.05) is 0 Å². The van der Waals surface area contributed by atoms with Crippen molar-refractivity contribution in [1.29, 1.82) is 0 Å². The summed E-state index contributed by atoms with van der Waals surface area (Å²) in [7, 11) is 0. The zero-order valence-electron chi connectivity index (χ0n) is 8.40. The molecule has 0 bridgehead atoms. The maximum absolute atomic E-state index is 11.5. The monoisotopic (exact) mass is 213 g/mol. The van der Waals surface area contributed by atoms with Gasteiger partial charge in [-0.15, -0.1) is 0 Å². The van der Waals surface area contributed by atoms with Crippen molar-refractivity contribution in [3.05, 3.63) is 18.0 Å². The molecular formula is C9H15N3OS. The van der Waals surface area contributed by atoms with E-state index in [2.05, 4.69) is 23.0 Å². The van der Waals surface area contributed by atoms with Crippen molar-refractivity contribution in [2.75, 3.05) is 12.3 Å². The Balaban J connectivity index is 2.56. The number of hydrogen-bond donors (Lipinski definition) is 2. The van der Waals surface area contributed by atoms with Crippen LogP contribution in [0.5, 0.6) is 0 Å². The second kappa shape index (κ2) is 5.05. The van der Waals surface area contributed by atoms with Crippen molar-refractivity contribution in [3.8, 4) is 0 Å². The Hall–Kier alpha value is -0.970. The number of nitrogens with zero attached hydrogens (tertiary/aromatic N) is 2. The van der Waals surface area contributed by atoms with E-state index in [9.17, 15) is 4.79 Å². The topological polar surface area (TPSA) is 46.9 Å². The molecule has 1 aromatic rings. The van der Waals surface area contributed by atoms with Gasteiger partial charge in [-0.3, -0.25) is 9.48 Å². The van der Waals surface area contributed by atoms with Gasteiger partial charge in [0.25, 0.3) is 0 Å². The number of aryl methyl sites for hydroxylation is 1. The van der Waals surface area contributed by atoms with Gasteiger partial charge >= 0.3 is 0 Å². The van der Waals surface area contributed by atoms with E-state index < -0.39 is 0 Å². The summed E-state index contributed by atoms with van der Waals surface area (Å²) in [5, 5.41) is 6.94. The quantitative estimate of drug-likeness (QED) is 0.727. The van der Waals surface area contributed by atoms with Gasteiger partial charge in [0.2, 0.25) is 5.91 Å². The largest absolute Gasteiger partial charge is 0.353 e. The predicted octanol–water partition coefficient (Wildman–Crippen LogP) is 0.799. The van der Waals surface area contributed by atoms with E-state index in [0.717, 1.165) is 5.69 Å². The van der Waals surface area contributed by atoms with Crippen molar-refractivity contribution in [3.63, 3.8) is 0 Å². The van der Waals surface area contributed by atoms with Crippen LogP contribution in [0.25, 0.3) is 0 Å². The molecule has 1 amide bonds. The van der Waals surface area contributed by atoms with E-state index in [4.69, 9.17) is 0 Å². The molecule has 0 spiro atoms. The van der Waals surface area contributed by atoms with Gasteiger partial charge in [0, 0.05) is 18.5 Å². The molecule has 14 heavy (non-hydrogen) atoms. The van der Waals surface area contributed by atoms with Crippen LogP contribution in [0.15, 0.2) is 12.3 Å². The van der Waals surface area contributed by atoms with Crippen molar-refractivity contribution in [1.82, 2.24) is 15.1 Å². The predicted molar refractivity (Wildman–Crippen MR) is 58.5 cm³/mol. The lowest BCUT2D eigenvalue weighted by atomic mass is 10.3. The highest BCUT2D eigenvalue weighted by atomic mass is 32.1. The van der Waals surface area contributed by atoms with Crippen molar-refractivity contribution in [2.24, 2.45) is 0 Å². The van der Waals surface area contributed by atoms with Gasteiger partial charge in [0.1, 0.15) is 6.04 Å². The van der Waals surface area contributed by atoms with E-state index in [1.54, 1.807) is 10.9 Å². The average Bonchev–Trinajstić information content (AvgIpc) is 2.60. The molecule has 5 heteroatoms. The maximum Gasteiger partial charge on any atom is 0.244 e. The highest BCUT2D eigenvalue weighted by molar-refractivity contribution is 7.80. The van der Waals surface area contributed by atoms with Crippen LogP contribution in [0.3, 0.4) is 0 Å². The summed E-state index contributed by atoms with van der Waals surface area (Å²) >= 11 is 4.02. The molecule has 0 saturated carbocycles. The summed E-state index contributed by atoms with van der Waals surface area (Å²) in [5.74, 6) is 0.624. The molecule has 0 aliphatic carbocycles. The fourth-order valence-electron chi connectivity index (χ4n) is 1.10. The van der Waals surface area contributed by atoms with Gasteiger partial charge in [-0.2, -0.15) is 17.7 Å². The second-order valence-corrected chi connectivity index (χ2v) is 3.57. The molecule has 0 fully saturated rings. The Kier molecular flexibility index (Phi) is 4.00. The average molecular weight is 213 g/mol. The molecule has 1 atom stereocenters. The number of nitrogens with one attached hydrogen (secondary N) is 1. The highest BCUT2D eigenvalue weighted by Gasteiger charge is 2.14. The molecule has 1 unspecified atom stereocenters. The fourth-order valence-corrected chi connectivity index (χ4v) is 1.21. The molecule has 0 aromatic carbocycles.